The summed E-state index contributed by atoms with van der Waals surface area (Å²) in [6.45, 7) is 0. The maximum Gasteiger partial charge on any atom is 0.124 e. The van der Waals surface area contributed by atoms with Gasteiger partial charge in [-0.3, -0.25) is 0 Å². The minimum Gasteiger partial charge on any atom is -0.310 e. The van der Waals surface area contributed by atoms with E-state index in [1.807, 2.05) is 11.3 Å². The van der Waals surface area contributed by atoms with Gasteiger partial charge < -0.3 is 4.90 Å². The van der Waals surface area contributed by atoms with Gasteiger partial charge in [-0.2, -0.15) is 0 Å². The standard InChI is InChI=1S/C47H30N2S2/c1-4-12-31(13-5-1)32-20-22-36(23-21-32)49(38-26-35-18-10-11-19-39(35)41(27-38)33-14-6-2-7-15-33)37-24-25-40-42-29-43-46(30-45(42)50-44(40)28-37)51-47(48-43)34-16-8-3-9-17-34/h1-30H. The first-order valence-electron chi connectivity index (χ1n) is 17.1. The normalized spacial score (nSPS) is 11.5. The van der Waals surface area contributed by atoms with Crippen LogP contribution in [0.4, 0.5) is 17.1 Å². The number of fused-ring (bicyclic) bond motifs is 5. The van der Waals surface area contributed by atoms with Crippen LogP contribution in [-0.2, 0) is 0 Å². The molecule has 2 aromatic heterocycles. The fourth-order valence-corrected chi connectivity index (χ4v) is 9.42. The molecule has 0 aliphatic heterocycles. The highest BCUT2D eigenvalue weighted by Gasteiger charge is 2.18. The summed E-state index contributed by atoms with van der Waals surface area (Å²) in [7, 11) is 0. The molecule has 0 spiro atoms. The first-order valence-corrected chi connectivity index (χ1v) is 18.7. The van der Waals surface area contributed by atoms with Gasteiger partial charge in [0.1, 0.15) is 5.01 Å². The minimum absolute atomic E-state index is 1.06. The summed E-state index contributed by atoms with van der Waals surface area (Å²) in [6.07, 6.45) is 0. The van der Waals surface area contributed by atoms with Crippen molar-refractivity contribution < 1.29 is 0 Å². The first-order chi connectivity index (χ1) is 25.2. The Bertz CT molecular complexity index is 2840. The van der Waals surface area contributed by atoms with Crippen molar-refractivity contribution in [2.75, 3.05) is 4.90 Å². The van der Waals surface area contributed by atoms with E-state index >= 15 is 0 Å². The highest BCUT2D eigenvalue weighted by atomic mass is 32.1. The zero-order valence-corrected chi connectivity index (χ0v) is 29.2. The number of hydrogen-bond donors (Lipinski definition) is 0. The quantitative estimate of drug-likeness (QED) is 0.173. The Balaban J connectivity index is 1.14. The van der Waals surface area contributed by atoms with Gasteiger partial charge in [0.05, 0.1) is 10.2 Å². The van der Waals surface area contributed by atoms with E-state index in [4.69, 9.17) is 4.98 Å². The third kappa shape index (κ3) is 5.37. The molecule has 4 heteroatoms. The number of anilines is 3. The highest BCUT2D eigenvalue weighted by Crippen LogP contribution is 2.45. The average Bonchev–Trinajstić information content (AvgIpc) is 3.78. The molecular formula is C47H30N2S2. The Morgan fingerprint density at radius 1 is 0.373 bits per heavy atom. The van der Waals surface area contributed by atoms with Crippen molar-refractivity contribution in [3.63, 3.8) is 0 Å². The van der Waals surface area contributed by atoms with Crippen LogP contribution in [0, 0.1) is 0 Å². The van der Waals surface area contributed by atoms with E-state index in [1.165, 1.54) is 57.9 Å². The predicted molar refractivity (Wildman–Crippen MR) is 221 cm³/mol. The number of benzene rings is 8. The second-order valence-electron chi connectivity index (χ2n) is 12.8. The van der Waals surface area contributed by atoms with Crippen molar-refractivity contribution in [1.82, 2.24) is 4.98 Å². The Morgan fingerprint density at radius 2 is 1.00 bits per heavy atom. The van der Waals surface area contributed by atoms with Crippen molar-refractivity contribution in [1.29, 1.82) is 0 Å². The van der Waals surface area contributed by atoms with E-state index in [2.05, 4.69) is 187 Å². The summed E-state index contributed by atoms with van der Waals surface area (Å²) >= 11 is 3.62. The third-order valence-electron chi connectivity index (χ3n) is 9.67. The van der Waals surface area contributed by atoms with Gasteiger partial charge in [0.15, 0.2) is 0 Å². The number of thiophene rings is 1. The molecule has 0 aliphatic carbocycles. The van der Waals surface area contributed by atoms with Crippen LogP contribution < -0.4 is 4.90 Å². The second kappa shape index (κ2) is 12.4. The lowest BCUT2D eigenvalue weighted by Crippen LogP contribution is -2.10. The van der Waals surface area contributed by atoms with Gasteiger partial charge in [-0.05, 0) is 81.6 Å². The van der Waals surface area contributed by atoms with E-state index in [-0.39, 0.29) is 0 Å². The Labute approximate surface area is 304 Å². The number of nitrogens with zero attached hydrogens (tertiary/aromatic N) is 2. The maximum atomic E-state index is 5.05. The minimum atomic E-state index is 1.06. The average molecular weight is 687 g/mol. The molecule has 0 aliphatic rings. The molecule has 2 heterocycles. The van der Waals surface area contributed by atoms with Crippen LogP contribution in [-0.4, -0.2) is 4.98 Å². The molecule has 8 aromatic carbocycles. The largest absolute Gasteiger partial charge is 0.310 e. The summed E-state index contributed by atoms with van der Waals surface area (Å²) in [6, 6.07) is 65.7. The smallest absolute Gasteiger partial charge is 0.124 e. The lowest BCUT2D eigenvalue weighted by Gasteiger charge is -2.27. The lowest BCUT2D eigenvalue weighted by atomic mass is 9.96. The number of aromatic nitrogens is 1. The van der Waals surface area contributed by atoms with Crippen LogP contribution >= 0.6 is 22.7 Å². The van der Waals surface area contributed by atoms with E-state index < -0.39 is 0 Å². The molecule has 0 saturated heterocycles. The van der Waals surface area contributed by atoms with E-state index in [0.29, 0.717) is 0 Å². The van der Waals surface area contributed by atoms with Crippen molar-refractivity contribution in [2.45, 2.75) is 0 Å². The third-order valence-corrected chi connectivity index (χ3v) is 11.8. The fraction of sp³-hybridized carbons (Fsp3) is 0. The predicted octanol–water partition coefficient (Wildman–Crippen LogP) is 14.3. The van der Waals surface area contributed by atoms with Gasteiger partial charge in [0.25, 0.3) is 0 Å². The van der Waals surface area contributed by atoms with Crippen molar-refractivity contribution in [3.8, 4) is 32.8 Å². The molecule has 0 bridgehead atoms. The summed E-state index contributed by atoms with van der Waals surface area (Å²) < 4.78 is 3.77. The van der Waals surface area contributed by atoms with E-state index in [0.717, 1.165) is 33.1 Å². The molecule has 0 amide bonds. The van der Waals surface area contributed by atoms with Crippen molar-refractivity contribution >= 4 is 80.9 Å². The van der Waals surface area contributed by atoms with Gasteiger partial charge in [-0.1, -0.05) is 133 Å². The van der Waals surface area contributed by atoms with E-state index in [9.17, 15) is 0 Å². The fourth-order valence-electron chi connectivity index (χ4n) is 7.19. The molecule has 240 valence electrons. The van der Waals surface area contributed by atoms with Crippen LogP contribution in [0.2, 0.25) is 0 Å². The molecule has 0 unspecified atom stereocenters. The molecule has 2 nitrogen and oxygen atoms in total. The first kappa shape index (κ1) is 29.8. The summed E-state index contributed by atoms with van der Waals surface area (Å²) in [4.78, 5) is 7.45. The van der Waals surface area contributed by atoms with Gasteiger partial charge in [-0.15, -0.1) is 22.7 Å². The molecule has 0 atom stereocenters. The summed E-state index contributed by atoms with van der Waals surface area (Å²) in [5.74, 6) is 0. The van der Waals surface area contributed by atoms with Crippen molar-refractivity contribution in [3.05, 3.63) is 182 Å². The summed E-state index contributed by atoms with van der Waals surface area (Å²) in [5.41, 5.74) is 10.4. The van der Waals surface area contributed by atoms with Gasteiger partial charge in [0, 0.05) is 42.8 Å². The highest BCUT2D eigenvalue weighted by molar-refractivity contribution is 7.26. The molecule has 0 N–H and O–H groups in total. The van der Waals surface area contributed by atoms with Crippen LogP contribution in [0.25, 0.3) is 74.0 Å². The Hall–Kier alpha value is -6.07. The SMILES string of the molecule is c1ccc(-c2ccc(N(c3cc(-c4ccccc4)c4ccccc4c3)c3ccc4c(c3)sc3cc5sc(-c6ccccc6)nc5cc34)cc2)cc1. The zero-order chi connectivity index (χ0) is 33.7. The maximum absolute atomic E-state index is 5.05. The lowest BCUT2D eigenvalue weighted by molar-refractivity contribution is 1.30. The van der Waals surface area contributed by atoms with Gasteiger partial charge in [0.2, 0.25) is 0 Å². The Morgan fingerprint density at radius 3 is 1.76 bits per heavy atom. The molecule has 10 rings (SSSR count). The Kier molecular flexibility index (Phi) is 7.23. The number of rotatable bonds is 6. The molecule has 0 fully saturated rings. The summed E-state index contributed by atoms with van der Waals surface area (Å²) in [5, 5.41) is 6.04. The second-order valence-corrected chi connectivity index (χ2v) is 14.9. The van der Waals surface area contributed by atoms with Crippen LogP contribution in [0.1, 0.15) is 0 Å². The molecule has 0 saturated carbocycles. The van der Waals surface area contributed by atoms with Crippen molar-refractivity contribution in [2.24, 2.45) is 0 Å². The zero-order valence-electron chi connectivity index (χ0n) is 27.5. The molecule has 10 aromatic rings. The van der Waals surface area contributed by atoms with E-state index in [1.54, 1.807) is 11.3 Å². The van der Waals surface area contributed by atoms with Gasteiger partial charge in [-0.25, -0.2) is 4.98 Å². The van der Waals surface area contributed by atoms with Gasteiger partial charge >= 0.3 is 0 Å². The molecule has 51 heavy (non-hydrogen) atoms. The van der Waals surface area contributed by atoms with Crippen LogP contribution in [0.5, 0.6) is 0 Å². The number of thiazole rings is 1. The molecular weight excluding hydrogens is 657 g/mol. The molecule has 0 radical (unpaired) electrons. The van der Waals surface area contributed by atoms with Crippen LogP contribution in [0.15, 0.2) is 182 Å². The topological polar surface area (TPSA) is 16.1 Å². The monoisotopic (exact) mass is 686 g/mol. The number of hydrogen-bond acceptors (Lipinski definition) is 4. The van der Waals surface area contributed by atoms with Crippen LogP contribution in [0.3, 0.4) is 0 Å².